The molecule has 0 aromatic heterocycles. The Hall–Kier alpha value is -1.97. The van der Waals surface area contributed by atoms with Crippen molar-refractivity contribution in [2.75, 3.05) is 11.6 Å². The molecule has 0 spiro atoms. The number of amides is 2. The first-order valence-electron chi connectivity index (χ1n) is 5.79. The van der Waals surface area contributed by atoms with Crippen molar-refractivity contribution in [1.82, 2.24) is 10.7 Å². The second-order valence-corrected chi connectivity index (χ2v) is 5.14. The van der Waals surface area contributed by atoms with Gasteiger partial charge in [0, 0.05) is 6.07 Å². The zero-order valence-corrected chi connectivity index (χ0v) is 11.7. The molecule has 5 nitrogen and oxygen atoms in total. The number of hydrazine groups is 1. The maximum absolute atomic E-state index is 14.0. The number of ether oxygens (including phenoxy) is 1. The Balaban J connectivity index is 2.37. The molecule has 7 heteroatoms. The molecule has 0 atom stereocenters. The Labute approximate surface area is 121 Å². The Morgan fingerprint density at radius 2 is 2.25 bits per heavy atom. The number of rotatable bonds is 3. The van der Waals surface area contributed by atoms with Crippen LogP contribution < -0.4 is 20.5 Å². The van der Waals surface area contributed by atoms with E-state index in [9.17, 15) is 9.18 Å². The van der Waals surface area contributed by atoms with Crippen LogP contribution >= 0.6 is 11.6 Å². The molecule has 0 bridgehead atoms. The Morgan fingerprint density at radius 1 is 1.55 bits per heavy atom. The molecule has 0 aliphatic carbocycles. The maximum Gasteiger partial charge on any atom is 0.338 e. The number of benzene rings is 1. The third kappa shape index (κ3) is 2.79. The molecule has 1 heterocycles. The minimum absolute atomic E-state index is 0.00406. The number of hydrogen-bond acceptors (Lipinski definition) is 3. The Kier molecular flexibility index (Phi) is 3.75. The first kappa shape index (κ1) is 14.4. The average molecular weight is 298 g/mol. The maximum atomic E-state index is 14.0. The van der Waals surface area contributed by atoms with Gasteiger partial charge in [-0.3, -0.25) is 0 Å². The van der Waals surface area contributed by atoms with E-state index in [0.717, 1.165) is 11.1 Å². The van der Waals surface area contributed by atoms with Crippen LogP contribution in [0.25, 0.3) is 0 Å². The number of carbonyl (C=O) groups excluding carboxylic acids is 1. The van der Waals surface area contributed by atoms with Crippen molar-refractivity contribution in [2.24, 2.45) is 0 Å². The molecular weight excluding hydrogens is 285 g/mol. The van der Waals surface area contributed by atoms with Gasteiger partial charge in [0.25, 0.3) is 0 Å². The molecule has 2 amide bonds. The summed E-state index contributed by atoms with van der Waals surface area (Å²) in [4.78, 5) is 11.8. The summed E-state index contributed by atoms with van der Waals surface area (Å²) in [5.41, 5.74) is 2.16. The predicted octanol–water partition coefficient (Wildman–Crippen LogP) is 2.26. The molecular formula is C13H13ClFN3O2. The number of nitrogens with zero attached hydrogens (tertiary/aromatic N) is 1. The first-order valence-corrected chi connectivity index (χ1v) is 6.17. The van der Waals surface area contributed by atoms with Crippen LogP contribution in [0.15, 0.2) is 12.1 Å². The third-order valence-electron chi connectivity index (χ3n) is 2.57. The van der Waals surface area contributed by atoms with Crippen LogP contribution in [0.4, 0.5) is 14.9 Å². The normalized spacial score (nSPS) is 16.8. The lowest BCUT2D eigenvalue weighted by Gasteiger charge is -2.21. The lowest BCUT2D eigenvalue weighted by atomic mass is 10.2. The number of hydrogen-bond donors (Lipinski definition) is 2. The largest absolute Gasteiger partial charge is 0.479 e. The second kappa shape index (κ2) is 5.19. The lowest BCUT2D eigenvalue weighted by molar-refractivity contribution is 0.248. The van der Waals surface area contributed by atoms with Gasteiger partial charge in [-0.2, -0.15) is 0 Å². The molecule has 1 aromatic carbocycles. The monoisotopic (exact) mass is 297 g/mol. The molecule has 1 fully saturated rings. The zero-order valence-electron chi connectivity index (χ0n) is 11.0. The predicted molar refractivity (Wildman–Crippen MR) is 74.0 cm³/mol. The highest BCUT2D eigenvalue weighted by molar-refractivity contribution is 6.32. The molecule has 0 radical (unpaired) electrons. The standard InChI is InChI=1S/C13H13ClFN3O2/c1-4-5-20-11-7-10(9(15)6-8(11)14)18-12(19)16-13(2,3)17-18/h1,6-7,17H,5H2,2-3H3,(H,16,19). The van der Waals surface area contributed by atoms with E-state index in [1.165, 1.54) is 6.07 Å². The third-order valence-corrected chi connectivity index (χ3v) is 2.86. The van der Waals surface area contributed by atoms with Crippen molar-refractivity contribution < 1.29 is 13.9 Å². The molecule has 2 N–H and O–H groups in total. The number of halogens is 2. The van der Waals surface area contributed by atoms with Crippen molar-refractivity contribution in [3.05, 3.63) is 23.0 Å². The van der Waals surface area contributed by atoms with E-state index in [-0.39, 0.29) is 23.1 Å². The summed E-state index contributed by atoms with van der Waals surface area (Å²) in [5, 5.41) is 3.80. The van der Waals surface area contributed by atoms with Crippen LogP contribution in [0.1, 0.15) is 13.8 Å². The van der Waals surface area contributed by atoms with Gasteiger partial charge in [-0.05, 0) is 19.9 Å². The molecule has 1 aliphatic heterocycles. The van der Waals surface area contributed by atoms with E-state index in [1.807, 2.05) is 0 Å². The van der Waals surface area contributed by atoms with E-state index in [1.54, 1.807) is 13.8 Å². The van der Waals surface area contributed by atoms with E-state index >= 15 is 0 Å². The molecule has 20 heavy (non-hydrogen) atoms. The minimum Gasteiger partial charge on any atom is -0.479 e. The number of urea groups is 1. The summed E-state index contributed by atoms with van der Waals surface area (Å²) >= 11 is 5.86. The highest BCUT2D eigenvalue weighted by atomic mass is 35.5. The van der Waals surface area contributed by atoms with Crippen LogP contribution in [0, 0.1) is 18.2 Å². The van der Waals surface area contributed by atoms with Crippen molar-refractivity contribution in [2.45, 2.75) is 19.5 Å². The molecule has 0 saturated carbocycles. The molecule has 1 aliphatic rings. The summed E-state index contributed by atoms with van der Waals surface area (Å²) in [5.74, 6) is 1.84. The van der Waals surface area contributed by atoms with Crippen LogP contribution in [0.3, 0.4) is 0 Å². The van der Waals surface area contributed by atoms with Gasteiger partial charge >= 0.3 is 6.03 Å². The summed E-state index contributed by atoms with van der Waals surface area (Å²) < 4.78 is 19.2. The van der Waals surface area contributed by atoms with Crippen LogP contribution in [0.2, 0.25) is 5.02 Å². The van der Waals surface area contributed by atoms with E-state index in [0.29, 0.717) is 0 Å². The fourth-order valence-corrected chi connectivity index (χ4v) is 1.98. The topological polar surface area (TPSA) is 53.6 Å². The van der Waals surface area contributed by atoms with Crippen LogP contribution in [-0.2, 0) is 0 Å². The molecule has 1 aromatic rings. The van der Waals surface area contributed by atoms with Crippen LogP contribution in [0.5, 0.6) is 5.75 Å². The number of terminal acetylenes is 1. The van der Waals surface area contributed by atoms with Gasteiger partial charge in [0.05, 0.1) is 5.02 Å². The molecule has 1 saturated heterocycles. The lowest BCUT2D eigenvalue weighted by Crippen LogP contribution is -2.45. The zero-order chi connectivity index (χ0) is 14.9. The summed E-state index contributed by atoms with van der Waals surface area (Å²) in [6.07, 6.45) is 5.10. The quantitative estimate of drug-likeness (QED) is 0.842. The van der Waals surface area contributed by atoms with Crippen LogP contribution in [-0.4, -0.2) is 18.3 Å². The van der Waals surface area contributed by atoms with Gasteiger partial charge in [-0.1, -0.05) is 17.5 Å². The van der Waals surface area contributed by atoms with E-state index < -0.39 is 17.5 Å². The van der Waals surface area contributed by atoms with Crippen molar-refractivity contribution in [1.29, 1.82) is 0 Å². The number of carbonyl (C=O) groups is 1. The number of anilines is 1. The smallest absolute Gasteiger partial charge is 0.338 e. The highest BCUT2D eigenvalue weighted by Gasteiger charge is 2.36. The minimum atomic E-state index is -0.678. The van der Waals surface area contributed by atoms with E-state index in [4.69, 9.17) is 22.8 Å². The van der Waals surface area contributed by atoms with Gasteiger partial charge in [0.1, 0.15) is 29.5 Å². The molecule has 0 unspecified atom stereocenters. The SMILES string of the molecule is C#CCOc1cc(N2NC(C)(C)NC2=O)c(F)cc1Cl. The second-order valence-electron chi connectivity index (χ2n) is 4.73. The number of nitrogens with one attached hydrogen (secondary N) is 2. The van der Waals surface area contributed by atoms with Crippen molar-refractivity contribution in [3.8, 4) is 18.1 Å². The van der Waals surface area contributed by atoms with Crippen molar-refractivity contribution >= 4 is 23.3 Å². The van der Waals surface area contributed by atoms with Gasteiger partial charge in [0.2, 0.25) is 0 Å². The summed E-state index contributed by atoms with van der Waals surface area (Å²) in [6, 6.07) is 1.92. The van der Waals surface area contributed by atoms with Gasteiger partial charge in [0.15, 0.2) is 0 Å². The van der Waals surface area contributed by atoms with E-state index in [2.05, 4.69) is 16.7 Å². The Morgan fingerprint density at radius 3 is 2.80 bits per heavy atom. The molecule has 2 rings (SSSR count). The fourth-order valence-electron chi connectivity index (χ4n) is 1.77. The summed E-state index contributed by atoms with van der Waals surface area (Å²) in [7, 11) is 0. The fraction of sp³-hybridized carbons (Fsp3) is 0.308. The summed E-state index contributed by atoms with van der Waals surface area (Å²) in [6.45, 7) is 3.48. The van der Waals surface area contributed by atoms with Gasteiger partial charge in [-0.15, -0.1) is 6.42 Å². The average Bonchev–Trinajstić information content (AvgIpc) is 2.62. The van der Waals surface area contributed by atoms with Gasteiger partial charge in [-0.25, -0.2) is 19.6 Å². The van der Waals surface area contributed by atoms with Crippen molar-refractivity contribution in [3.63, 3.8) is 0 Å². The first-order chi connectivity index (χ1) is 9.34. The van der Waals surface area contributed by atoms with Gasteiger partial charge < -0.3 is 10.1 Å². The molecule has 106 valence electrons. The highest BCUT2D eigenvalue weighted by Crippen LogP contribution is 2.33. The Bertz CT molecular complexity index is 598.